The number of carbonyl (C=O) groups excluding carboxylic acids is 1. The molecular weight excluding hydrogens is 444 g/mol. The fraction of sp³-hybridized carbons (Fsp3) is 0.731. The number of halogens is 1. The Hall–Kier alpha value is -1.18. The fourth-order valence-corrected chi connectivity index (χ4v) is 4.61. The van der Waals surface area contributed by atoms with Crippen LogP contribution in [0.2, 0.25) is 0 Å². The number of unbranched alkanes of at least 4 members (excludes halogenated alkanes) is 2. The third-order valence-electron chi connectivity index (χ3n) is 6.23. The van der Waals surface area contributed by atoms with E-state index >= 15 is 0 Å². The van der Waals surface area contributed by atoms with Gasteiger partial charge < -0.3 is 23.7 Å². The smallest absolute Gasteiger partial charge is 0.321 e. The number of ether oxygens (including phenoxy) is 5. The van der Waals surface area contributed by atoms with Gasteiger partial charge in [0.25, 0.3) is 0 Å². The highest BCUT2D eigenvalue weighted by Gasteiger charge is 2.57. The summed E-state index contributed by atoms with van der Waals surface area (Å²) in [5.41, 5.74) is 3.97. The molecule has 7 heteroatoms. The Balaban J connectivity index is 1.73. The van der Waals surface area contributed by atoms with Crippen LogP contribution in [0.5, 0.6) is 0 Å². The highest BCUT2D eigenvalue weighted by Crippen LogP contribution is 2.40. The number of alkyl halides is 1. The lowest BCUT2D eigenvalue weighted by atomic mass is 9.96. The van der Waals surface area contributed by atoms with Crippen LogP contribution in [-0.2, 0) is 47.9 Å². The van der Waals surface area contributed by atoms with Gasteiger partial charge in [0.2, 0.25) is 0 Å². The van der Waals surface area contributed by atoms with Crippen molar-refractivity contribution < 1.29 is 28.5 Å². The minimum Gasteiger partial charge on any atom is -0.459 e. The van der Waals surface area contributed by atoms with Gasteiger partial charge in [-0.25, -0.2) is 0 Å². The summed E-state index contributed by atoms with van der Waals surface area (Å²) in [5, 5.41) is 0. The molecule has 2 fully saturated rings. The summed E-state index contributed by atoms with van der Waals surface area (Å²) in [6.07, 6.45) is 4.48. The van der Waals surface area contributed by atoms with Crippen molar-refractivity contribution in [1.82, 2.24) is 0 Å². The van der Waals surface area contributed by atoms with Gasteiger partial charge in [-0.1, -0.05) is 44.9 Å². The summed E-state index contributed by atoms with van der Waals surface area (Å²) < 4.78 is 29.8. The highest BCUT2D eigenvalue weighted by molar-refractivity contribution is 6.26. The van der Waals surface area contributed by atoms with E-state index in [2.05, 4.69) is 32.0 Å². The standard InChI is InChI=1S/C26H39ClO6/c1-6-8-10-19-13-12-18(14-20(19)11-9-7-2)16-29-23-22(17(3)30-21(28)15-27)31-25-24(23)32-26(4,5)33-25/h12-14,17,22-25H,6-11,15-16H2,1-5H3/t17-,22-,23+,24-,25-/m1/s1. The monoisotopic (exact) mass is 482 g/mol. The summed E-state index contributed by atoms with van der Waals surface area (Å²) in [6.45, 7) is 10.4. The third-order valence-corrected chi connectivity index (χ3v) is 6.45. The van der Waals surface area contributed by atoms with Crippen molar-refractivity contribution in [2.45, 2.75) is 116 Å². The van der Waals surface area contributed by atoms with Gasteiger partial charge in [-0.15, -0.1) is 11.6 Å². The number of esters is 1. The lowest BCUT2D eigenvalue weighted by molar-refractivity contribution is -0.231. The maximum Gasteiger partial charge on any atom is 0.321 e. The number of hydrogen-bond acceptors (Lipinski definition) is 6. The van der Waals surface area contributed by atoms with E-state index < -0.39 is 42.5 Å². The zero-order valence-electron chi connectivity index (χ0n) is 20.6. The number of benzene rings is 1. The summed E-state index contributed by atoms with van der Waals surface area (Å²) in [5.74, 6) is -1.46. The Morgan fingerprint density at radius 1 is 1.12 bits per heavy atom. The summed E-state index contributed by atoms with van der Waals surface area (Å²) in [4.78, 5) is 11.7. The second-order valence-corrected chi connectivity index (χ2v) is 9.75. The van der Waals surface area contributed by atoms with Crippen LogP contribution < -0.4 is 0 Å². The van der Waals surface area contributed by atoms with E-state index in [1.807, 2.05) is 13.8 Å². The number of carbonyl (C=O) groups is 1. The van der Waals surface area contributed by atoms with Crippen LogP contribution >= 0.6 is 11.6 Å². The number of rotatable bonds is 12. The van der Waals surface area contributed by atoms with Gasteiger partial charge >= 0.3 is 5.97 Å². The number of hydrogen-bond donors (Lipinski definition) is 0. The predicted octanol–water partition coefficient (Wildman–Crippen LogP) is 5.30. The third kappa shape index (κ3) is 6.92. The second-order valence-electron chi connectivity index (χ2n) is 9.48. The lowest BCUT2D eigenvalue weighted by Gasteiger charge is -2.29. The molecule has 1 aromatic rings. The van der Waals surface area contributed by atoms with Crippen LogP contribution in [0.15, 0.2) is 18.2 Å². The van der Waals surface area contributed by atoms with E-state index in [1.165, 1.54) is 36.8 Å². The van der Waals surface area contributed by atoms with E-state index in [0.29, 0.717) is 6.61 Å². The average Bonchev–Trinajstić information content (AvgIpc) is 3.26. The van der Waals surface area contributed by atoms with Gasteiger partial charge in [0.15, 0.2) is 12.1 Å². The van der Waals surface area contributed by atoms with Gasteiger partial charge in [-0.05, 0) is 63.1 Å². The molecular formula is C26H39ClO6. The topological polar surface area (TPSA) is 63.2 Å². The first-order valence-electron chi connectivity index (χ1n) is 12.3. The Kier molecular flexibility index (Phi) is 9.60. The molecule has 6 nitrogen and oxygen atoms in total. The normalized spacial score (nSPS) is 26.8. The van der Waals surface area contributed by atoms with Gasteiger partial charge in [0, 0.05) is 0 Å². The molecule has 2 saturated heterocycles. The van der Waals surface area contributed by atoms with E-state index in [9.17, 15) is 4.79 Å². The first-order chi connectivity index (χ1) is 15.8. The molecule has 0 saturated carbocycles. The van der Waals surface area contributed by atoms with Crippen molar-refractivity contribution in [3.8, 4) is 0 Å². The molecule has 1 aromatic carbocycles. The minimum absolute atomic E-state index is 0.208. The van der Waals surface area contributed by atoms with Gasteiger partial charge in [-0.2, -0.15) is 0 Å². The molecule has 0 spiro atoms. The Morgan fingerprint density at radius 3 is 2.48 bits per heavy atom. The molecule has 0 bridgehead atoms. The van der Waals surface area contributed by atoms with Crippen LogP contribution in [0.4, 0.5) is 0 Å². The molecule has 186 valence electrons. The van der Waals surface area contributed by atoms with Crippen molar-refractivity contribution in [3.63, 3.8) is 0 Å². The first kappa shape index (κ1) is 26.4. The van der Waals surface area contributed by atoms with Crippen LogP contribution in [0.1, 0.15) is 77.0 Å². The molecule has 0 radical (unpaired) electrons. The molecule has 0 unspecified atom stereocenters. The maximum absolute atomic E-state index is 11.7. The van der Waals surface area contributed by atoms with Crippen molar-refractivity contribution in [2.24, 2.45) is 0 Å². The van der Waals surface area contributed by atoms with E-state index in [1.54, 1.807) is 6.92 Å². The summed E-state index contributed by atoms with van der Waals surface area (Å²) >= 11 is 5.61. The molecule has 2 aliphatic heterocycles. The predicted molar refractivity (Wildman–Crippen MR) is 127 cm³/mol. The Morgan fingerprint density at radius 2 is 1.82 bits per heavy atom. The van der Waals surface area contributed by atoms with Crippen LogP contribution in [0.3, 0.4) is 0 Å². The van der Waals surface area contributed by atoms with E-state index in [-0.39, 0.29) is 5.88 Å². The van der Waals surface area contributed by atoms with Gasteiger partial charge in [-0.3, -0.25) is 4.79 Å². The molecule has 33 heavy (non-hydrogen) atoms. The van der Waals surface area contributed by atoms with E-state index in [4.69, 9.17) is 35.3 Å². The zero-order valence-corrected chi connectivity index (χ0v) is 21.4. The number of fused-ring (bicyclic) bond motifs is 1. The van der Waals surface area contributed by atoms with Crippen molar-refractivity contribution >= 4 is 17.6 Å². The Labute approximate surface area is 203 Å². The van der Waals surface area contributed by atoms with Crippen molar-refractivity contribution in [3.05, 3.63) is 34.9 Å². The van der Waals surface area contributed by atoms with Crippen LogP contribution in [-0.4, -0.2) is 48.3 Å². The van der Waals surface area contributed by atoms with Crippen LogP contribution in [0.25, 0.3) is 0 Å². The molecule has 0 N–H and O–H groups in total. The first-order valence-corrected chi connectivity index (χ1v) is 12.8. The fourth-order valence-electron chi connectivity index (χ4n) is 4.55. The summed E-state index contributed by atoms with van der Waals surface area (Å²) in [6, 6.07) is 6.67. The van der Waals surface area contributed by atoms with Gasteiger partial charge in [0.05, 0.1) is 6.61 Å². The molecule has 0 aromatic heterocycles. The molecule has 2 aliphatic rings. The Bertz CT molecular complexity index is 782. The second kappa shape index (κ2) is 12.0. The maximum atomic E-state index is 11.7. The lowest BCUT2D eigenvalue weighted by Crippen LogP contribution is -2.43. The highest BCUT2D eigenvalue weighted by atomic mass is 35.5. The largest absolute Gasteiger partial charge is 0.459 e. The average molecular weight is 483 g/mol. The quantitative estimate of drug-likeness (QED) is 0.297. The van der Waals surface area contributed by atoms with Gasteiger partial charge in [0.1, 0.15) is 30.3 Å². The van der Waals surface area contributed by atoms with Crippen LogP contribution in [0, 0.1) is 0 Å². The van der Waals surface area contributed by atoms with E-state index in [0.717, 1.165) is 18.4 Å². The molecule has 0 amide bonds. The van der Waals surface area contributed by atoms with Crippen molar-refractivity contribution in [2.75, 3.05) is 5.88 Å². The SMILES string of the molecule is CCCCc1ccc(CO[C@@H]2[C@H]3OC(C)(C)O[C@H]3O[C@@H]2[C@@H](C)OC(=O)CCl)cc1CCCC. The molecule has 2 heterocycles. The minimum atomic E-state index is -0.758. The summed E-state index contributed by atoms with van der Waals surface area (Å²) in [7, 11) is 0. The molecule has 3 rings (SSSR count). The molecule has 0 aliphatic carbocycles. The molecule has 5 atom stereocenters. The zero-order chi connectivity index (χ0) is 24.0. The number of aryl methyl sites for hydroxylation is 2. The van der Waals surface area contributed by atoms with Crippen molar-refractivity contribution in [1.29, 1.82) is 0 Å².